The molecule has 2 rings (SSSR count). The maximum absolute atomic E-state index is 12.9. The number of non-ortho nitro benzene ring substituents is 1. The summed E-state index contributed by atoms with van der Waals surface area (Å²) in [6.45, 7) is -0.317. The summed E-state index contributed by atoms with van der Waals surface area (Å²) in [6, 6.07) is 10.1. The number of nitrogens with zero attached hydrogens (tertiary/aromatic N) is 2. The molecule has 2 aromatic rings. The van der Waals surface area contributed by atoms with Gasteiger partial charge in [-0.2, -0.15) is 0 Å². The van der Waals surface area contributed by atoms with Gasteiger partial charge in [-0.3, -0.25) is 10.1 Å². The first-order valence-electron chi connectivity index (χ1n) is 5.90. The molecule has 0 amide bonds. The number of aliphatic hydroxyl groups is 1. The van der Waals surface area contributed by atoms with E-state index in [1.807, 2.05) is 0 Å². The van der Waals surface area contributed by atoms with Crippen molar-refractivity contribution in [3.63, 3.8) is 0 Å². The van der Waals surface area contributed by atoms with Crippen LogP contribution in [0.2, 0.25) is 0 Å². The standard InChI is InChI=1S/C14H13FN2O3/c1-16(12-4-2-11(15)3-5-12)14-7-6-13(17(19)20)8-10(14)9-18/h2-8,18H,9H2,1H3. The van der Waals surface area contributed by atoms with Gasteiger partial charge in [0, 0.05) is 36.1 Å². The highest BCUT2D eigenvalue weighted by Crippen LogP contribution is 2.30. The number of rotatable bonds is 4. The van der Waals surface area contributed by atoms with Gasteiger partial charge >= 0.3 is 0 Å². The highest BCUT2D eigenvalue weighted by molar-refractivity contribution is 5.67. The van der Waals surface area contributed by atoms with Gasteiger partial charge in [0.2, 0.25) is 0 Å². The number of hydrogen-bond acceptors (Lipinski definition) is 4. The summed E-state index contributed by atoms with van der Waals surface area (Å²) in [5, 5.41) is 20.1. The van der Waals surface area contributed by atoms with Crippen molar-refractivity contribution in [2.24, 2.45) is 0 Å². The molecule has 0 unspecified atom stereocenters. The molecule has 0 saturated heterocycles. The van der Waals surface area contributed by atoms with Crippen molar-refractivity contribution >= 4 is 17.1 Å². The van der Waals surface area contributed by atoms with Crippen LogP contribution in [0.4, 0.5) is 21.5 Å². The van der Waals surface area contributed by atoms with Gasteiger partial charge in [-0.15, -0.1) is 0 Å². The molecule has 0 fully saturated rings. The van der Waals surface area contributed by atoms with Crippen LogP contribution >= 0.6 is 0 Å². The summed E-state index contributed by atoms with van der Waals surface area (Å²) in [5.41, 5.74) is 1.70. The lowest BCUT2D eigenvalue weighted by Crippen LogP contribution is -2.12. The molecule has 0 aliphatic heterocycles. The van der Waals surface area contributed by atoms with Crippen LogP contribution < -0.4 is 4.90 Å². The number of nitro benzene ring substituents is 1. The largest absolute Gasteiger partial charge is 0.392 e. The fraction of sp³-hybridized carbons (Fsp3) is 0.143. The second-order valence-electron chi connectivity index (χ2n) is 4.26. The van der Waals surface area contributed by atoms with Gasteiger partial charge in [-0.05, 0) is 30.3 Å². The van der Waals surface area contributed by atoms with Gasteiger partial charge in [0.1, 0.15) is 5.82 Å². The summed E-state index contributed by atoms with van der Waals surface area (Å²) in [4.78, 5) is 11.9. The number of aliphatic hydroxyl groups excluding tert-OH is 1. The van der Waals surface area contributed by atoms with E-state index in [-0.39, 0.29) is 18.1 Å². The lowest BCUT2D eigenvalue weighted by Gasteiger charge is -2.22. The first-order valence-corrected chi connectivity index (χ1v) is 5.90. The van der Waals surface area contributed by atoms with Gasteiger partial charge < -0.3 is 10.0 Å². The first kappa shape index (κ1) is 14.0. The normalized spacial score (nSPS) is 10.3. The number of anilines is 2. The topological polar surface area (TPSA) is 66.6 Å². The molecule has 0 saturated carbocycles. The van der Waals surface area contributed by atoms with Crippen molar-refractivity contribution in [3.8, 4) is 0 Å². The molecule has 104 valence electrons. The second kappa shape index (κ2) is 5.66. The summed E-state index contributed by atoms with van der Waals surface area (Å²) < 4.78 is 12.9. The van der Waals surface area contributed by atoms with Gasteiger partial charge in [0.05, 0.1) is 11.5 Å². The fourth-order valence-electron chi connectivity index (χ4n) is 1.94. The quantitative estimate of drug-likeness (QED) is 0.688. The summed E-state index contributed by atoms with van der Waals surface area (Å²) in [5.74, 6) is -0.340. The fourth-order valence-corrected chi connectivity index (χ4v) is 1.94. The minimum atomic E-state index is -0.513. The molecular weight excluding hydrogens is 263 g/mol. The Morgan fingerprint density at radius 3 is 2.45 bits per heavy atom. The Labute approximate surface area is 115 Å². The Morgan fingerprint density at radius 1 is 1.25 bits per heavy atom. The van der Waals surface area contributed by atoms with Crippen molar-refractivity contribution in [2.45, 2.75) is 6.61 Å². The van der Waals surface area contributed by atoms with E-state index in [1.54, 1.807) is 30.1 Å². The van der Waals surface area contributed by atoms with E-state index in [1.165, 1.54) is 24.3 Å². The molecule has 2 aromatic carbocycles. The number of halogens is 1. The molecule has 0 aliphatic rings. The average Bonchev–Trinajstić information content (AvgIpc) is 2.46. The molecule has 0 bridgehead atoms. The molecule has 6 heteroatoms. The monoisotopic (exact) mass is 276 g/mol. The van der Waals surface area contributed by atoms with Crippen LogP contribution in [0.3, 0.4) is 0 Å². The Balaban J connectivity index is 2.41. The van der Waals surface area contributed by atoms with Crippen LogP contribution in [0, 0.1) is 15.9 Å². The van der Waals surface area contributed by atoms with Crippen molar-refractivity contribution in [2.75, 3.05) is 11.9 Å². The molecule has 0 radical (unpaired) electrons. The lowest BCUT2D eigenvalue weighted by molar-refractivity contribution is -0.384. The molecule has 0 atom stereocenters. The summed E-state index contributed by atoms with van der Waals surface area (Å²) in [7, 11) is 1.74. The molecule has 20 heavy (non-hydrogen) atoms. The number of benzene rings is 2. The molecule has 0 spiro atoms. The Bertz CT molecular complexity index is 629. The van der Waals surface area contributed by atoms with E-state index in [2.05, 4.69) is 0 Å². The van der Waals surface area contributed by atoms with E-state index in [0.29, 0.717) is 11.3 Å². The van der Waals surface area contributed by atoms with E-state index in [9.17, 15) is 19.6 Å². The highest BCUT2D eigenvalue weighted by Gasteiger charge is 2.14. The highest BCUT2D eigenvalue weighted by atomic mass is 19.1. The SMILES string of the molecule is CN(c1ccc(F)cc1)c1ccc([N+](=O)[O-])cc1CO. The van der Waals surface area contributed by atoms with Crippen LogP contribution in [0.15, 0.2) is 42.5 Å². The number of hydrogen-bond donors (Lipinski definition) is 1. The van der Waals surface area contributed by atoms with E-state index >= 15 is 0 Å². The predicted octanol–water partition coefficient (Wildman–Crippen LogP) is 2.99. The molecule has 5 nitrogen and oxygen atoms in total. The van der Waals surface area contributed by atoms with Gasteiger partial charge in [-0.1, -0.05) is 0 Å². The van der Waals surface area contributed by atoms with Gasteiger partial charge in [0.25, 0.3) is 5.69 Å². The third kappa shape index (κ3) is 2.75. The van der Waals surface area contributed by atoms with Crippen LogP contribution in [0.1, 0.15) is 5.56 Å². The minimum Gasteiger partial charge on any atom is -0.392 e. The van der Waals surface area contributed by atoms with Crippen molar-refractivity contribution in [3.05, 3.63) is 64.0 Å². The Hall–Kier alpha value is -2.47. The molecular formula is C14H13FN2O3. The maximum Gasteiger partial charge on any atom is 0.269 e. The van der Waals surface area contributed by atoms with Crippen LogP contribution in [-0.2, 0) is 6.61 Å². The van der Waals surface area contributed by atoms with E-state index < -0.39 is 4.92 Å². The van der Waals surface area contributed by atoms with Gasteiger partial charge in [0.15, 0.2) is 0 Å². The first-order chi connectivity index (χ1) is 9.52. The maximum atomic E-state index is 12.9. The van der Waals surface area contributed by atoms with E-state index in [0.717, 1.165) is 5.69 Å². The zero-order chi connectivity index (χ0) is 14.7. The van der Waals surface area contributed by atoms with Crippen molar-refractivity contribution < 1.29 is 14.4 Å². The Kier molecular flexibility index (Phi) is 3.95. The van der Waals surface area contributed by atoms with Crippen molar-refractivity contribution in [1.82, 2.24) is 0 Å². The average molecular weight is 276 g/mol. The zero-order valence-electron chi connectivity index (χ0n) is 10.8. The molecule has 1 N–H and O–H groups in total. The smallest absolute Gasteiger partial charge is 0.269 e. The minimum absolute atomic E-state index is 0.0784. The molecule has 0 aliphatic carbocycles. The van der Waals surface area contributed by atoms with Crippen molar-refractivity contribution in [1.29, 1.82) is 0 Å². The number of nitro groups is 1. The third-order valence-electron chi connectivity index (χ3n) is 3.02. The third-order valence-corrected chi connectivity index (χ3v) is 3.02. The lowest BCUT2D eigenvalue weighted by atomic mass is 10.1. The molecule has 0 heterocycles. The second-order valence-corrected chi connectivity index (χ2v) is 4.26. The van der Waals surface area contributed by atoms with Crippen LogP contribution in [0.25, 0.3) is 0 Å². The van der Waals surface area contributed by atoms with E-state index in [4.69, 9.17) is 0 Å². The van der Waals surface area contributed by atoms with Crippen LogP contribution in [-0.4, -0.2) is 17.1 Å². The predicted molar refractivity (Wildman–Crippen MR) is 73.5 cm³/mol. The van der Waals surface area contributed by atoms with Crippen LogP contribution in [0.5, 0.6) is 0 Å². The summed E-state index contributed by atoms with van der Waals surface area (Å²) in [6.07, 6.45) is 0. The molecule has 0 aromatic heterocycles. The zero-order valence-corrected chi connectivity index (χ0v) is 10.8. The summed E-state index contributed by atoms with van der Waals surface area (Å²) >= 11 is 0. The van der Waals surface area contributed by atoms with Gasteiger partial charge in [-0.25, -0.2) is 4.39 Å². The Morgan fingerprint density at radius 2 is 1.90 bits per heavy atom.